The van der Waals surface area contributed by atoms with E-state index in [-0.39, 0.29) is 5.97 Å². The topological polar surface area (TPSA) is 50.4 Å². The maximum absolute atomic E-state index is 11.1. The molecule has 0 saturated heterocycles. The van der Waals surface area contributed by atoms with Crippen LogP contribution in [-0.4, -0.2) is 30.3 Å². The highest BCUT2D eigenvalue weighted by Gasteiger charge is 2.13. The Morgan fingerprint density at radius 2 is 2.06 bits per heavy atom. The minimum Gasteiger partial charge on any atom is -0.466 e. The molecule has 1 fully saturated rings. The van der Waals surface area contributed by atoms with E-state index in [1.807, 2.05) is 0 Å². The lowest BCUT2D eigenvalue weighted by Crippen LogP contribution is -2.43. The maximum Gasteiger partial charge on any atom is 0.307 e. The van der Waals surface area contributed by atoms with Gasteiger partial charge in [-0.1, -0.05) is 19.3 Å². The van der Waals surface area contributed by atoms with E-state index in [1.54, 1.807) is 6.92 Å². The van der Waals surface area contributed by atoms with Crippen LogP contribution in [0.3, 0.4) is 0 Å². The predicted octanol–water partition coefficient (Wildman–Crippen LogP) is 1.74. The molecule has 0 spiro atoms. The summed E-state index contributed by atoms with van der Waals surface area (Å²) in [7, 11) is 0. The molecule has 5 heteroatoms. The Morgan fingerprint density at radius 3 is 2.71 bits per heavy atom. The van der Waals surface area contributed by atoms with Crippen molar-refractivity contribution in [2.45, 2.75) is 51.5 Å². The summed E-state index contributed by atoms with van der Waals surface area (Å²) < 4.78 is 4.83. The van der Waals surface area contributed by atoms with Gasteiger partial charge in [0.05, 0.1) is 13.0 Å². The number of carbonyl (C=O) groups excluding carboxylic acids is 1. The fourth-order valence-electron chi connectivity index (χ4n) is 1.99. The van der Waals surface area contributed by atoms with E-state index in [1.165, 1.54) is 32.1 Å². The number of esters is 1. The Kier molecular flexibility index (Phi) is 6.93. The number of carbonyl (C=O) groups is 1. The van der Waals surface area contributed by atoms with E-state index in [0.29, 0.717) is 30.7 Å². The SMILES string of the molecule is CCOC(=O)CCNC(=S)NC1CCCCC1. The smallest absolute Gasteiger partial charge is 0.307 e. The molecule has 0 heterocycles. The van der Waals surface area contributed by atoms with Crippen molar-refractivity contribution < 1.29 is 9.53 Å². The lowest BCUT2D eigenvalue weighted by Gasteiger charge is -2.24. The number of hydrogen-bond donors (Lipinski definition) is 2. The van der Waals surface area contributed by atoms with Crippen LogP contribution >= 0.6 is 12.2 Å². The van der Waals surface area contributed by atoms with Gasteiger partial charge in [-0.15, -0.1) is 0 Å². The molecule has 2 N–H and O–H groups in total. The zero-order valence-electron chi connectivity index (χ0n) is 10.5. The van der Waals surface area contributed by atoms with Crippen LogP contribution in [0.15, 0.2) is 0 Å². The van der Waals surface area contributed by atoms with Gasteiger partial charge in [0, 0.05) is 12.6 Å². The molecule has 0 bridgehead atoms. The van der Waals surface area contributed by atoms with Crippen LogP contribution in [-0.2, 0) is 9.53 Å². The van der Waals surface area contributed by atoms with Gasteiger partial charge < -0.3 is 15.4 Å². The molecule has 0 aromatic rings. The van der Waals surface area contributed by atoms with Crippen molar-refractivity contribution in [2.75, 3.05) is 13.2 Å². The monoisotopic (exact) mass is 258 g/mol. The highest BCUT2D eigenvalue weighted by atomic mass is 32.1. The van der Waals surface area contributed by atoms with Crippen molar-refractivity contribution in [3.63, 3.8) is 0 Å². The molecule has 1 aliphatic rings. The van der Waals surface area contributed by atoms with E-state index in [2.05, 4.69) is 10.6 Å². The van der Waals surface area contributed by atoms with E-state index >= 15 is 0 Å². The van der Waals surface area contributed by atoms with E-state index in [4.69, 9.17) is 17.0 Å². The molecular weight excluding hydrogens is 236 g/mol. The van der Waals surface area contributed by atoms with Crippen LogP contribution < -0.4 is 10.6 Å². The number of thiocarbonyl (C=S) groups is 1. The summed E-state index contributed by atoms with van der Waals surface area (Å²) in [6.45, 7) is 2.78. The first-order valence-electron chi connectivity index (χ1n) is 6.42. The predicted molar refractivity (Wildman–Crippen MR) is 71.9 cm³/mol. The molecule has 4 nitrogen and oxygen atoms in total. The van der Waals surface area contributed by atoms with Crippen molar-refractivity contribution in [3.05, 3.63) is 0 Å². The van der Waals surface area contributed by atoms with Gasteiger partial charge in [-0.3, -0.25) is 4.79 Å². The van der Waals surface area contributed by atoms with Crippen LogP contribution in [0.25, 0.3) is 0 Å². The van der Waals surface area contributed by atoms with Gasteiger partial charge in [-0.2, -0.15) is 0 Å². The lowest BCUT2D eigenvalue weighted by molar-refractivity contribution is -0.142. The van der Waals surface area contributed by atoms with Gasteiger partial charge in [0.1, 0.15) is 0 Å². The van der Waals surface area contributed by atoms with Crippen LogP contribution in [0.1, 0.15) is 45.4 Å². The maximum atomic E-state index is 11.1. The van der Waals surface area contributed by atoms with Gasteiger partial charge >= 0.3 is 5.97 Å². The number of rotatable bonds is 5. The first kappa shape index (κ1) is 14.2. The highest BCUT2D eigenvalue weighted by Crippen LogP contribution is 2.17. The fourth-order valence-corrected chi connectivity index (χ4v) is 2.26. The average molecular weight is 258 g/mol. The highest BCUT2D eigenvalue weighted by molar-refractivity contribution is 7.80. The molecule has 0 aromatic heterocycles. The van der Waals surface area contributed by atoms with Crippen LogP contribution in [0.2, 0.25) is 0 Å². The second kappa shape index (κ2) is 8.28. The molecule has 98 valence electrons. The molecule has 1 saturated carbocycles. The van der Waals surface area contributed by atoms with E-state index in [9.17, 15) is 4.79 Å². The standard InChI is InChI=1S/C12H22N2O2S/c1-2-16-11(15)8-9-13-12(17)14-10-6-4-3-5-7-10/h10H,2-9H2,1H3,(H2,13,14,17). The molecular formula is C12H22N2O2S. The number of ether oxygens (including phenoxy) is 1. The van der Waals surface area contributed by atoms with Gasteiger partial charge in [0.15, 0.2) is 5.11 Å². The molecule has 1 rings (SSSR count). The van der Waals surface area contributed by atoms with Crippen LogP contribution in [0.5, 0.6) is 0 Å². The van der Waals surface area contributed by atoms with Crippen molar-refractivity contribution in [2.24, 2.45) is 0 Å². The zero-order valence-corrected chi connectivity index (χ0v) is 11.3. The quantitative estimate of drug-likeness (QED) is 0.581. The van der Waals surface area contributed by atoms with Gasteiger partial charge in [0.2, 0.25) is 0 Å². The molecule has 0 amide bonds. The second-order valence-corrected chi connectivity index (χ2v) is 4.70. The van der Waals surface area contributed by atoms with Crippen molar-refractivity contribution in [3.8, 4) is 0 Å². The van der Waals surface area contributed by atoms with Crippen molar-refractivity contribution in [1.29, 1.82) is 0 Å². The molecule has 1 aliphatic carbocycles. The van der Waals surface area contributed by atoms with Gasteiger partial charge in [-0.25, -0.2) is 0 Å². The largest absolute Gasteiger partial charge is 0.466 e. The molecule has 0 aliphatic heterocycles. The van der Waals surface area contributed by atoms with E-state index < -0.39 is 0 Å². The summed E-state index contributed by atoms with van der Waals surface area (Å²) >= 11 is 5.18. The Balaban J connectivity index is 2.06. The summed E-state index contributed by atoms with van der Waals surface area (Å²) in [4.78, 5) is 11.1. The van der Waals surface area contributed by atoms with Crippen molar-refractivity contribution >= 4 is 23.3 Å². The first-order valence-corrected chi connectivity index (χ1v) is 6.83. The van der Waals surface area contributed by atoms with Gasteiger partial charge in [-0.05, 0) is 32.0 Å². The third kappa shape index (κ3) is 6.46. The first-order chi connectivity index (χ1) is 8.22. The summed E-state index contributed by atoms with van der Waals surface area (Å²) in [5, 5.41) is 6.99. The second-order valence-electron chi connectivity index (χ2n) is 4.29. The van der Waals surface area contributed by atoms with Crippen molar-refractivity contribution in [1.82, 2.24) is 10.6 Å². The Morgan fingerprint density at radius 1 is 1.35 bits per heavy atom. The average Bonchev–Trinajstić information content (AvgIpc) is 2.30. The third-order valence-corrected chi connectivity index (χ3v) is 3.12. The Bertz CT molecular complexity index is 253. The number of hydrogen-bond acceptors (Lipinski definition) is 3. The summed E-state index contributed by atoms with van der Waals surface area (Å²) in [5.74, 6) is -0.180. The molecule has 0 radical (unpaired) electrons. The minimum absolute atomic E-state index is 0.180. The number of nitrogens with one attached hydrogen (secondary N) is 2. The molecule has 17 heavy (non-hydrogen) atoms. The zero-order chi connectivity index (χ0) is 12.5. The summed E-state index contributed by atoms with van der Waals surface area (Å²) in [5.41, 5.74) is 0. The summed E-state index contributed by atoms with van der Waals surface area (Å²) in [6.07, 6.45) is 6.65. The molecule has 0 aromatic carbocycles. The summed E-state index contributed by atoms with van der Waals surface area (Å²) in [6, 6.07) is 0.506. The molecule has 0 atom stereocenters. The van der Waals surface area contributed by atoms with Crippen LogP contribution in [0, 0.1) is 0 Å². The third-order valence-electron chi connectivity index (χ3n) is 2.86. The van der Waals surface area contributed by atoms with Crippen LogP contribution in [0.4, 0.5) is 0 Å². The van der Waals surface area contributed by atoms with Gasteiger partial charge in [0.25, 0.3) is 0 Å². The fraction of sp³-hybridized carbons (Fsp3) is 0.833. The van der Waals surface area contributed by atoms with E-state index in [0.717, 1.165) is 0 Å². The lowest BCUT2D eigenvalue weighted by atomic mass is 9.96. The molecule has 0 unspecified atom stereocenters. The Labute approximate surface area is 108 Å². The normalized spacial score (nSPS) is 16.3. The Hall–Kier alpha value is -0.840. The minimum atomic E-state index is -0.180.